The highest BCUT2D eigenvalue weighted by molar-refractivity contribution is 7.92. The first-order chi connectivity index (χ1) is 17.3. The summed E-state index contributed by atoms with van der Waals surface area (Å²) in [6, 6.07) is 7.52. The van der Waals surface area contributed by atoms with Crippen LogP contribution in [0.2, 0.25) is 0 Å². The van der Waals surface area contributed by atoms with Crippen molar-refractivity contribution in [2.24, 2.45) is 5.73 Å². The summed E-state index contributed by atoms with van der Waals surface area (Å²) in [7, 11) is -6.80. The van der Waals surface area contributed by atoms with E-state index in [1.165, 1.54) is 22.7 Å². The SMILES string of the molecule is CS(=O)(=O)CCCCCN(c1nc2oc(Cc3ccc(F)cc3)c(C(N)=O)c2cc1C1CC1)S(C)(=O)=O. The number of fused-ring (bicyclic) bond motifs is 1. The van der Waals surface area contributed by atoms with E-state index in [9.17, 15) is 26.0 Å². The minimum absolute atomic E-state index is 0.0442. The smallest absolute Gasteiger partial charge is 0.252 e. The molecule has 2 aromatic heterocycles. The quantitative estimate of drug-likeness (QED) is 0.340. The summed E-state index contributed by atoms with van der Waals surface area (Å²) in [6.45, 7) is 0.132. The van der Waals surface area contributed by atoms with E-state index in [0.29, 0.717) is 35.8 Å². The number of hydrogen-bond acceptors (Lipinski definition) is 7. The van der Waals surface area contributed by atoms with Crippen LogP contribution in [0.5, 0.6) is 0 Å². The molecule has 1 aliphatic rings. The van der Waals surface area contributed by atoms with Gasteiger partial charge in [-0.15, -0.1) is 0 Å². The van der Waals surface area contributed by atoms with Gasteiger partial charge in [-0.2, -0.15) is 4.98 Å². The highest BCUT2D eigenvalue weighted by atomic mass is 32.2. The largest absolute Gasteiger partial charge is 0.441 e. The maximum absolute atomic E-state index is 13.3. The van der Waals surface area contributed by atoms with E-state index in [1.807, 2.05) is 0 Å². The molecule has 12 heteroatoms. The Morgan fingerprint density at radius 3 is 2.35 bits per heavy atom. The summed E-state index contributed by atoms with van der Waals surface area (Å²) in [6.07, 6.45) is 5.59. The monoisotopic (exact) mass is 551 g/mol. The van der Waals surface area contributed by atoms with Gasteiger partial charge in [0.25, 0.3) is 5.91 Å². The molecule has 0 spiro atoms. The van der Waals surface area contributed by atoms with E-state index >= 15 is 0 Å². The van der Waals surface area contributed by atoms with Crippen molar-refractivity contribution in [2.75, 3.05) is 29.1 Å². The van der Waals surface area contributed by atoms with E-state index in [4.69, 9.17) is 10.2 Å². The molecule has 0 unspecified atom stereocenters. The first-order valence-corrected chi connectivity index (χ1v) is 15.9. The van der Waals surface area contributed by atoms with Crippen molar-refractivity contribution >= 4 is 42.7 Å². The first kappa shape index (κ1) is 27.1. The number of amides is 1. The number of benzene rings is 1. The number of sulfonamides is 1. The molecule has 0 bridgehead atoms. The third-order valence-electron chi connectivity index (χ3n) is 6.32. The number of carbonyl (C=O) groups is 1. The van der Waals surface area contributed by atoms with Crippen molar-refractivity contribution in [3.05, 3.63) is 58.6 Å². The van der Waals surface area contributed by atoms with Gasteiger partial charge in [0.15, 0.2) is 0 Å². The molecular weight excluding hydrogens is 521 g/mol. The first-order valence-electron chi connectivity index (χ1n) is 12.0. The van der Waals surface area contributed by atoms with Gasteiger partial charge < -0.3 is 10.2 Å². The van der Waals surface area contributed by atoms with Crippen LogP contribution in [0.1, 0.15) is 65.3 Å². The molecule has 0 saturated heterocycles. The molecule has 0 radical (unpaired) electrons. The molecule has 2 N–H and O–H groups in total. The lowest BCUT2D eigenvalue weighted by molar-refractivity contribution is 0.1000. The summed E-state index contributed by atoms with van der Waals surface area (Å²) in [5.74, 6) is -0.426. The van der Waals surface area contributed by atoms with Crippen LogP contribution in [0.15, 0.2) is 34.7 Å². The van der Waals surface area contributed by atoms with E-state index in [2.05, 4.69) is 4.98 Å². The zero-order valence-corrected chi connectivity index (χ0v) is 22.4. The topological polar surface area (TPSA) is 141 Å². The number of nitrogens with zero attached hydrogens (tertiary/aromatic N) is 2. The van der Waals surface area contributed by atoms with Gasteiger partial charge in [-0.05, 0) is 60.9 Å². The van der Waals surface area contributed by atoms with Crippen molar-refractivity contribution in [3.63, 3.8) is 0 Å². The molecule has 200 valence electrons. The average molecular weight is 552 g/mol. The molecule has 9 nitrogen and oxygen atoms in total. The zero-order chi connectivity index (χ0) is 27.0. The molecule has 1 fully saturated rings. The summed E-state index contributed by atoms with van der Waals surface area (Å²) in [5.41, 5.74) is 7.37. The second-order valence-electron chi connectivity index (χ2n) is 9.62. The Morgan fingerprint density at radius 1 is 1.11 bits per heavy atom. The summed E-state index contributed by atoms with van der Waals surface area (Å²) in [4.78, 5) is 17.0. The number of carbonyl (C=O) groups excluding carboxylic acids is 1. The Bertz CT molecular complexity index is 1530. The van der Waals surface area contributed by atoms with Gasteiger partial charge in [-0.3, -0.25) is 9.10 Å². The summed E-state index contributed by atoms with van der Waals surface area (Å²) in [5, 5.41) is 0.414. The minimum atomic E-state index is -3.72. The number of pyridine rings is 1. The van der Waals surface area contributed by atoms with Crippen LogP contribution in [-0.4, -0.2) is 52.5 Å². The van der Waals surface area contributed by atoms with E-state index in [0.717, 1.165) is 19.1 Å². The van der Waals surface area contributed by atoms with Crippen molar-refractivity contribution in [1.82, 2.24) is 4.98 Å². The predicted octanol–water partition coefficient (Wildman–Crippen LogP) is 3.51. The third-order valence-corrected chi connectivity index (χ3v) is 8.50. The second kappa shape index (κ2) is 10.4. The fourth-order valence-electron chi connectivity index (χ4n) is 4.38. The Hall–Kier alpha value is -2.99. The molecule has 4 rings (SSSR count). The number of nitrogens with two attached hydrogens (primary N) is 1. The number of anilines is 1. The van der Waals surface area contributed by atoms with E-state index < -0.39 is 25.8 Å². The molecule has 37 heavy (non-hydrogen) atoms. The van der Waals surface area contributed by atoms with Crippen LogP contribution < -0.4 is 10.0 Å². The fourth-order valence-corrected chi connectivity index (χ4v) is 6.03. The Labute approximate surface area is 215 Å². The van der Waals surface area contributed by atoms with Crippen LogP contribution in [0, 0.1) is 5.82 Å². The Kier molecular flexibility index (Phi) is 7.61. The second-order valence-corrected chi connectivity index (χ2v) is 13.8. The normalized spacial score (nSPS) is 14.2. The van der Waals surface area contributed by atoms with Gasteiger partial charge in [0.1, 0.15) is 27.2 Å². The Balaban J connectivity index is 1.72. The molecule has 1 aliphatic carbocycles. The highest BCUT2D eigenvalue weighted by Gasteiger charge is 2.33. The van der Waals surface area contributed by atoms with Gasteiger partial charge in [-0.25, -0.2) is 21.2 Å². The number of aromatic nitrogens is 1. The van der Waals surface area contributed by atoms with Gasteiger partial charge in [0.05, 0.1) is 17.2 Å². The molecular formula is C25H30FN3O6S2. The van der Waals surface area contributed by atoms with Crippen molar-refractivity contribution in [3.8, 4) is 0 Å². The highest BCUT2D eigenvalue weighted by Crippen LogP contribution is 2.46. The molecule has 1 amide bonds. The van der Waals surface area contributed by atoms with Crippen LogP contribution in [0.25, 0.3) is 11.1 Å². The third kappa shape index (κ3) is 6.67. The van der Waals surface area contributed by atoms with E-state index in [-0.39, 0.29) is 53.3 Å². The van der Waals surface area contributed by atoms with Gasteiger partial charge in [-0.1, -0.05) is 18.6 Å². The van der Waals surface area contributed by atoms with Gasteiger partial charge in [0, 0.05) is 25.0 Å². The van der Waals surface area contributed by atoms with Crippen LogP contribution in [0.4, 0.5) is 10.2 Å². The zero-order valence-electron chi connectivity index (χ0n) is 20.7. The molecule has 2 heterocycles. The number of rotatable bonds is 12. The molecule has 1 aromatic carbocycles. The standard InChI is InChI=1S/C25H30FN3O6S2/c1-36(31,32)13-5-3-4-12-29(37(2,33)34)24-19(17-8-9-17)15-20-22(23(27)30)21(35-25(20)28-24)14-16-6-10-18(26)11-7-16/h6-7,10-11,15,17H,3-5,8-9,12-14H2,1-2H3,(H2,27,30). The molecule has 0 atom stereocenters. The molecule has 3 aromatic rings. The van der Waals surface area contributed by atoms with Gasteiger partial charge in [0.2, 0.25) is 15.7 Å². The van der Waals surface area contributed by atoms with Crippen LogP contribution >= 0.6 is 0 Å². The average Bonchev–Trinajstić information content (AvgIpc) is 3.56. The lowest BCUT2D eigenvalue weighted by Gasteiger charge is -2.24. The maximum atomic E-state index is 13.3. The minimum Gasteiger partial charge on any atom is -0.441 e. The predicted molar refractivity (Wildman–Crippen MR) is 139 cm³/mol. The lowest BCUT2D eigenvalue weighted by atomic mass is 10.0. The number of primary amides is 1. The molecule has 0 aliphatic heterocycles. The van der Waals surface area contributed by atoms with Crippen LogP contribution in [-0.2, 0) is 26.3 Å². The van der Waals surface area contributed by atoms with E-state index in [1.54, 1.807) is 18.2 Å². The number of halogens is 1. The van der Waals surface area contributed by atoms with Crippen molar-refractivity contribution in [1.29, 1.82) is 0 Å². The lowest BCUT2D eigenvalue weighted by Crippen LogP contribution is -2.32. The summed E-state index contributed by atoms with van der Waals surface area (Å²) < 4.78 is 68.9. The van der Waals surface area contributed by atoms with Crippen molar-refractivity contribution in [2.45, 2.75) is 44.4 Å². The Morgan fingerprint density at radius 2 is 1.78 bits per heavy atom. The molecule has 1 saturated carbocycles. The van der Waals surface area contributed by atoms with Crippen LogP contribution in [0.3, 0.4) is 0 Å². The van der Waals surface area contributed by atoms with Crippen molar-refractivity contribution < 1.29 is 30.4 Å². The number of furan rings is 1. The number of unbranched alkanes of at least 4 members (excludes halogenated alkanes) is 2. The number of hydrogen-bond donors (Lipinski definition) is 1. The van der Waals surface area contributed by atoms with Gasteiger partial charge >= 0.3 is 0 Å². The summed E-state index contributed by atoms with van der Waals surface area (Å²) >= 11 is 0. The maximum Gasteiger partial charge on any atom is 0.252 e. The fraction of sp³-hybridized carbons (Fsp3) is 0.440. The number of sulfone groups is 1.